The van der Waals surface area contributed by atoms with Crippen LogP contribution in [0.1, 0.15) is 286 Å². The Balaban J connectivity index is 0.954. The molecule has 9 atom stereocenters. The van der Waals surface area contributed by atoms with Gasteiger partial charge in [0, 0.05) is 12.8 Å². The van der Waals surface area contributed by atoms with E-state index in [0.29, 0.717) is 29.1 Å². The molecular weight excluding hydrogens is 741 g/mol. The fraction of sp³-hybridized carbons (Fsp3) is 0.915. The third-order valence-corrected chi connectivity index (χ3v) is 18.0. The zero-order chi connectivity index (χ0) is 43.8. The first-order valence-electron chi connectivity index (χ1n) is 28.2. The van der Waals surface area contributed by atoms with E-state index in [9.17, 15) is 4.79 Å². The van der Waals surface area contributed by atoms with Gasteiger partial charge in [-0.05, 0) is 110 Å². The number of ether oxygens (including phenoxy) is 1. The molecule has 4 aliphatic carbocycles. The van der Waals surface area contributed by atoms with Gasteiger partial charge in [-0.15, -0.1) is 0 Å². The molecule has 0 heterocycles. The minimum absolute atomic E-state index is 0.0646. The van der Waals surface area contributed by atoms with E-state index in [4.69, 9.17) is 4.74 Å². The van der Waals surface area contributed by atoms with E-state index in [0.717, 1.165) is 48.9 Å². The maximum absolute atomic E-state index is 13.0. The van der Waals surface area contributed by atoms with Crippen LogP contribution in [0.3, 0.4) is 0 Å². The molecule has 4 aliphatic rings. The monoisotopic (exact) mass is 847 g/mol. The van der Waals surface area contributed by atoms with Crippen molar-refractivity contribution in [1.29, 1.82) is 0 Å². The first-order valence-corrected chi connectivity index (χ1v) is 28.2. The van der Waals surface area contributed by atoms with E-state index in [1.54, 1.807) is 5.57 Å². The van der Waals surface area contributed by atoms with E-state index < -0.39 is 0 Å². The average Bonchev–Trinajstić information content (AvgIpc) is 3.61. The van der Waals surface area contributed by atoms with Crippen molar-refractivity contribution in [2.24, 2.45) is 52.3 Å². The third-order valence-electron chi connectivity index (χ3n) is 18.0. The summed E-state index contributed by atoms with van der Waals surface area (Å²) in [7, 11) is 0. The average molecular weight is 847 g/mol. The molecule has 0 aromatic carbocycles. The summed E-state index contributed by atoms with van der Waals surface area (Å²) in [6.45, 7) is 17.2. The molecule has 3 fully saturated rings. The molecule has 4 rings (SSSR count). The predicted octanol–water partition coefficient (Wildman–Crippen LogP) is 19.3. The summed E-state index contributed by atoms with van der Waals surface area (Å²) in [5.41, 5.74) is 2.44. The molecule has 2 heteroatoms. The van der Waals surface area contributed by atoms with Gasteiger partial charge in [0.05, 0.1) is 0 Å². The van der Waals surface area contributed by atoms with Gasteiger partial charge in [0.1, 0.15) is 6.10 Å². The Hall–Kier alpha value is -1.05. The quantitative estimate of drug-likeness (QED) is 0.0366. The highest BCUT2D eigenvalue weighted by Crippen LogP contribution is 2.67. The lowest BCUT2D eigenvalue weighted by Crippen LogP contribution is -2.51. The van der Waals surface area contributed by atoms with Crippen LogP contribution in [0, 0.1) is 52.3 Å². The second-order valence-electron chi connectivity index (χ2n) is 22.8. The van der Waals surface area contributed by atoms with Gasteiger partial charge in [-0.3, -0.25) is 4.79 Å². The Labute approximate surface area is 382 Å². The summed E-state index contributed by atoms with van der Waals surface area (Å²) in [6, 6.07) is 0. The number of unbranched alkanes of at least 4 members (excludes halogenated alkanes) is 26. The maximum Gasteiger partial charge on any atom is 0.306 e. The lowest BCUT2D eigenvalue weighted by Gasteiger charge is -2.58. The predicted molar refractivity (Wildman–Crippen MR) is 267 cm³/mol. The summed E-state index contributed by atoms with van der Waals surface area (Å²) in [4.78, 5) is 13.0. The molecule has 0 unspecified atom stereocenters. The maximum atomic E-state index is 13.0. The van der Waals surface area contributed by atoms with Crippen molar-refractivity contribution in [3.8, 4) is 0 Å². The van der Waals surface area contributed by atoms with Gasteiger partial charge in [-0.1, -0.05) is 239 Å². The minimum Gasteiger partial charge on any atom is -0.462 e. The normalized spacial score (nSPS) is 28.4. The fourth-order valence-electron chi connectivity index (χ4n) is 13.9. The second kappa shape index (κ2) is 29.5. The van der Waals surface area contributed by atoms with Crippen LogP contribution in [-0.4, -0.2) is 12.1 Å². The van der Waals surface area contributed by atoms with Gasteiger partial charge in [0.25, 0.3) is 0 Å². The molecule has 0 saturated heterocycles. The first-order chi connectivity index (χ1) is 29.6. The van der Waals surface area contributed by atoms with Crippen molar-refractivity contribution in [2.45, 2.75) is 292 Å². The van der Waals surface area contributed by atoms with Crippen molar-refractivity contribution in [3.63, 3.8) is 0 Å². The Morgan fingerprint density at radius 2 is 1.11 bits per heavy atom. The Bertz CT molecular complexity index is 1210. The van der Waals surface area contributed by atoms with Gasteiger partial charge in [-0.2, -0.15) is 0 Å². The zero-order valence-electron chi connectivity index (χ0n) is 42.3. The van der Waals surface area contributed by atoms with Gasteiger partial charge < -0.3 is 4.74 Å². The number of rotatable bonds is 34. The first kappa shape index (κ1) is 52.6. The molecule has 0 aliphatic heterocycles. The molecule has 0 aromatic rings. The van der Waals surface area contributed by atoms with Crippen molar-refractivity contribution in [2.75, 3.05) is 0 Å². The van der Waals surface area contributed by atoms with Gasteiger partial charge in [0.2, 0.25) is 0 Å². The number of hydrogen-bond acceptors (Lipinski definition) is 2. The summed E-state index contributed by atoms with van der Waals surface area (Å²) < 4.78 is 6.18. The lowest BCUT2D eigenvalue weighted by molar-refractivity contribution is -0.151. The number of allylic oxidation sites excluding steroid dienone is 3. The van der Waals surface area contributed by atoms with Crippen LogP contribution in [0.2, 0.25) is 0 Å². The van der Waals surface area contributed by atoms with E-state index in [1.807, 2.05) is 0 Å². The number of fused-ring (bicyclic) bond motifs is 5. The summed E-state index contributed by atoms with van der Waals surface area (Å²) in [5.74, 6) is 5.56. The van der Waals surface area contributed by atoms with Crippen LogP contribution < -0.4 is 0 Å². The van der Waals surface area contributed by atoms with Crippen LogP contribution in [0.4, 0.5) is 0 Å². The highest BCUT2D eigenvalue weighted by molar-refractivity contribution is 5.69. The van der Waals surface area contributed by atoms with Gasteiger partial charge >= 0.3 is 5.97 Å². The van der Waals surface area contributed by atoms with E-state index in [2.05, 4.69) is 66.7 Å². The van der Waals surface area contributed by atoms with Gasteiger partial charge in [0.15, 0.2) is 0 Å². The molecule has 354 valence electrons. The van der Waals surface area contributed by atoms with Crippen molar-refractivity contribution >= 4 is 5.97 Å². The SMILES string of the molecule is CCCCCCCCCCCCCCCCCCCCCCCCCCCCCC(=O)O[C@H]1CC[C@@]2(C)C(=CC[C@H]3[C@@H]4CC[C@H]([C@H](C)/C=C/[C@@H](CC)C(C)C)[C@@]4(C)CC[C@@H]32)C1. The van der Waals surface area contributed by atoms with Gasteiger partial charge in [-0.25, -0.2) is 0 Å². The highest BCUT2D eigenvalue weighted by Gasteiger charge is 2.59. The highest BCUT2D eigenvalue weighted by atomic mass is 16.5. The van der Waals surface area contributed by atoms with Crippen LogP contribution in [0.15, 0.2) is 23.8 Å². The molecule has 0 aromatic heterocycles. The Morgan fingerprint density at radius 1 is 0.623 bits per heavy atom. The Kier molecular flexibility index (Phi) is 25.4. The van der Waals surface area contributed by atoms with Crippen molar-refractivity contribution in [1.82, 2.24) is 0 Å². The fourth-order valence-corrected chi connectivity index (χ4v) is 13.9. The standard InChI is InChI=1S/C59H106O2/c1-8-10-11-12-13-14-15-16-17-18-19-20-21-22-23-24-25-26-27-28-29-30-31-32-33-34-35-36-57(60)61-52-43-45-58(6)51(47-52)39-40-53-55-42-41-54(59(55,7)46-44-56(53)58)49(5)37-38-50(9-2)48(3)4/h37-39,48-50,52-56H,8-36,40-47H2,1-7H3/b38-37+/t49-,50-,52+,53+,54-,55+,56+,58+,59-/m1/s1. The summed E-state index contributed by atoms with van der Waals surface area (Å²) >= 11 is 0. The summed E-state index contributed by atoms with van der Waals surface area (Å²) in [5, 5.41) is 0. The molecule has 2 nitrogen and oxygen atoms in total. The van der Waals surface area contributed by atoms with Crippen molar-refractivity contribution < 1.29 is 9.53 Å². The Morgan fingerprint density at radius 3 is 1.59 bits per heavy atom. The summed E-state index contributed by atoms with van der Waals surface area (Å²) in [6.07, 6.45) is 58.1. The number of carbonyl (C=O) groups is 1. The van der Waals surface area contributed by atoms with Crippen LogP contribution in [0.25, 0.3) is 0 Å². The molecule has 0 amide bonds. The molecule has 61 heavy (non-hydrogen) atoms. The lowest BCUT2D eigenvalue weighted by atomic mass is 9.47. The van der Waals surface area contributed by atoms with E-state index >= 15 is 0 Å². The largest absolute Gasteiger partial charge is 0.462 e. The third kappa shape index (κ3) is 17.4. The van der Waals surface area contributed by atoms with Crippen LogP contribution >= 0.6 is 0 Å². The second-order valence-corrected chi connectivity index (χ2v) is 22.8. The van der Waals surface area contributed by atoms with Crippen LogP contribution in [-0.2, 0) is 9.53 Å². The molecule has 0 bridgehead atoms. The molecule has 0 spiro atoms. The van der Waals surface area contributed by atoms with Crippen molar-refractivity contribution in [3.05, 3.63) is 23.8 Å². The number of carbonyl (C=O) groups excluding carboxylic acids is 1. The molecule has 0 radical (unpaired) electrons. The zero-order valence-corrected chi connectivity index (χ0v) is 42.3. The van der Waals surface area contributed by atoms with E-state index in [1.165, 1.54) is 212 Å². The number of hydrogen-bond donors (Lipinski definition) is 0. The number of esters is 1. The van der Waals surface area contributed by atoms with E-state index in [-0.39, 0.29) is 12.1 Å². The topological polar surface area (TPSA) is 26.3 Å². The minimum atomic E-state index is 0.0646. The molecular formula is C59H106O2. The smallest absolute Gasteiger partial charge is 0.306 e. The van der Waals surface area contributed by atoms with Crippen LogP contribution in [0.5, 0.6) is 0 Å². The molecule has 3 saturated carbocycles. The molecule has 0 N–H and O–H groups in total.